The number of alkyl carbamates (subject to hydrolysis) is 1. The zero-order chi connectivity index (χ0) is 16.3. The van der Waals surface area contributed by atoms with Gasteiger partial charge in [0.15, 0.2) is 5.54 Å². The van der Waals surface area contributed by atoms with Crippen LogP contribution in [0.4, 0.5) is 4.79 Å². The third-order valence-corrected chi connectivity index (χ3v) is 3.24. The van der Waals surface area contributed by atoms with Crippen molar-refractivity contribution in [2.24, 2.45) is 0 Å². The van der Waals surface area contributed by atoms with Crippen LogP contribution in [-0.2, 0) is 14.3 Å². The number of nitrogens with zero attached hydrogens (tertiary/aromatic N) is 1. The molecule has 120 valence electrons. The first-order valence-electron chi connectivity index (χ1n) is 7.12. The van der Waals surface area contributed by atoms with Crippen LogP contribution < -0.4 is 5.32 Å². The average Bonchev–Trinajstić information content (AvgIpc) is 2.72. The predicted molar refractivity (Wildman–Crippen MR) is 75.8 cm³/mol. The first-order valence-corrected chi connectivity index (χ1v) is 7.12. The average molecular weight is 300 g/mol. The topological polar surface area (TPSA) is 95.9 Å². The van der Waals surface area contributed by atoms with Crippen molar-refractivity contribution in [1.82, 2.24) is 10.2 Å². The highest BCUT2D eigenvalue weighted by atomic mass is 16.6. The number of carboxylic acids is 1. The van der Waals surface area contributed by atoms with Crippen molar-refractivity contribution in [3.8, 4) is 0 Å². The molecule has 1 aliphatic heterocycles. The largest absolute Gasteiger partial charge is 0.479 e. The van der Waals surface area contributed by atoms with Crippen LogP contribution in [-0.4, -0.2) is 52.2 Å². The van der Waals surface area contributed by atoms with Crippen LogP contribution in [0.2, 0.25) is 0 Å². The molecule has 0 saturated carbocycles. The fourth-order valence-electron chi connectivity index (χ4n) is 2.22. The van der Waals surface area contributed by atoms with E-state index in [0.29, 0.717) is 19.4 Å². The second-order valence-corrected chi connectivity index (χ2v) is 6.33. The van der Waals surface area contributed by atoms with Gasteiger partial charge < -0.3 is 20.1 Å². The number of aliphatic carboxylic acids is 1. The van der Waals surface area contributed by atoms with Gasteiger partial charge in [0.25, 0.3) is 0 Å². The summed E-state index contributed by atoms with van der Waals surface area (Å²) in [6.07, 6.45) is 0.475. The molecule has 1 aliphatic rings. The molecule has 0 aromatic heterocycles. The van der Waals surface area contributed by atoms with Crippen molar-refractivity contribution in [3.63, 3.8) is 0 Å². The van der Waals surface area contributed by atoms with Gasteiger partial charge in [-0.2, -0.15) is 0 Å². The molecule has 1 rings (SSSR count). The summed E-state index contributed by atoms with van der Waals surface area (Å²) in [5.41, 5.74) is -2.17. The lowest BCUT2D eigenvalue weighted by Gasteiger charge is -2.28. The number of carbonyl (C=O) groups is 3. The van der Waals surface area contributed by atoms with Gasteiger partial charge in [-0.05, 0) is 27.2 Å². The van der Waals surface area contributed by atoms with Gasteiger partial charge in [0.05, 0.1) is 6.54 Å². The fraction of sp³-hybridized carbons (Fsp3) is 0.786. The van der Waals surface area contributed by atoms with E-state index in [1.54, 1.807) is 20.8 Å². The normalized spacial score (nSPS) is 22.0. The summed E-state index contributed by atoms with van der Waals surface area (Å²) in [5, 5.41) is 11.9. The summed E-state index contributed by atoms with van der Waals surface area (Å²) in [6.45, 7) is 7.28. The van der Waals surface area contributed by atoms with E-state index in [-0.39, 0.29) is 18.9 Å². The van der Waals surface area contributed by atoms with Crippen molar-refractivity contribution in [2.75, 3.05) is 13.1 Å². The lowest BCUT2D eigenvalue weighted by Crippen LogP contribution is -2.57. The molecule has 1 unspecified atom stereocenters. The highest BCUT2D eigenvalue weighted by Crippen LogP contribution is 2.23. The molecule has 1 fully saturated rings. The number of amides is 2. The highest BCUT2D eigenvalue weighted by molar-refractivity contribution is 5.87. The Hall–Kier alpha value is -1.79. The number of nitrogens with one attached hydrogen (secondary N) is 1. The van der Waals surface area contributed by atoms with Crippen LogP contribution >= 0.6 is 0 Å². The van der Waals surface area contributed by atoms with Gasteiger partial charge in [0.1, 0.15) is 5.60 Å². The summed E-state index contributed by atoms with van der Waals surface area (Å²) in [7, 11) is 0. The van der Waals surface area contributed by atoms with Gasteiger partial charge in [-0.1, -0.05) is 6.92 Å². The lowest BCUT2D eigenvalue weighted by molar-refractivity contribution is -0.144. The monoisotopic (exact) mass is 300 g/mol. The van der Waals surface area contributed by atoms with Crippen molar-refractivity contribution in [2.45, 2.75) is 58.1 Å². The number of carbonyl (C=O) groups excluding carboxylic acids is 2. The van der Waals surface area contributed by atoms with Crippen molar-refractivity contribution in [1.29, 1.82) is 0 Å². The van der Waals surface area contributed by atoms with E-state index in [1.807, 2.05) is 6.92 Å². The molecule has 0 aromatic rings. The third kappa shape index (κ3) is 4.61. The lowest BCUT2D eigenvalue weighted by atomic mass is 9.99. The molecule has 1 saturated heterocycles. The van der Waals surface area contributed by atoms with Gasteiger partial charge in [0, 0.05) is 19.4 Å². The van der Waals surface area contributed by atoms with Crippen molar-refractivity contribution >= 4 is 18.0 Å². The van der Waals surface area contributed by atoms with Crippen LogP contribution in [0.25, 0.3) is 0 Å². The maximum atomic E-state index is 11.9. The number of carboxylic acid groups (broad SMARTS) is 1. The van der Waals surface area contributed by atoms with E-state index in [1.165, 1.54) is 4.90 Å². The fourth-order valence-corrected chi connectivity index (χ4v) is 2.22. The van der Waals surface area contributed by atoms with Crippen molar-refractivity contribution < 1.29 is 24.2 Å². The third-order valence-electron chi connectivity index (χ3n) is 3.24. The molecule has 2 N–H and O–H groups in total. The van der Waals surface area contributed by atoms with Gasteiger partial charge in [-0.25, -0.2) is 9.59 Å². The molecule has 0 aromatic carbocycles. The Bertz CT molecular complexity index is 430. The number of hydrogen-bond acceptors (Lipinski definition) is 4. The summed E-state index contributed by atoms with van der Waals surface area (Å²) >= 11 is 0. The number of rotatable bonds is 4. The molecule has 0 spiro atoms. The number of ether oxygens (including phenoxy) is 1. The maximum absolute atomic E-state index is 11.9. The van der Waals surface area contributed by atoms with Crippen LogP contribution in [0, 0.1) is 0 Å². The summed E-state index contributed by atoms with van der Waals surface area (Å²) in [5.74, 6) is -1.24. The van der Waals surface area contributed by atoms with E-state index in [4.69, 9.17) is 4.74 Å². The molecule has 1 heterocycles. The predicted octanol–water partition coefficient (Wildman–Crippen LogP) is 1.37. The minimum Gasteiger partial charge on any atom is -0.479 e. The van der Waals surface area contributed by atoms with E-state index in [9.17, 15) is 19.5 Å². The Kier molecular flexibility index (Phi) is 5.20. The summed E-state index contributed by atoms with van der Waals surface area (Å²) < 4.78 is 5.10. The highest BCUT2D eigenvalue weighted by Gasteiger charge is 2.48. The molecule has 0 aliphatic carbocycles. The Morgan fingerprint density at radius 1 is 1.33 bits per heavy atom. The van der Waals surface area contributed by atoms with Crippen LogP contribution in [0.5, 0.6) is 0 Å². The van der Waals surface area contributed by atoms with Crippen LogP contribution in [0.15, 0.2) is 0 Å². The maximum Gasteiger partial charge on any atom is 0.408 e. The zero-order valence-corrected chi connectivity index (χ0v) is 13.1. The van der Waals surface area contributed by atoms with Gasteiger partial charge in [0.2, 0.25) is 5.91 Å². The second-order valence-electron chi connectivity index (χ2n) is 6.33. The Balaban J connectivity index is 2.76. The molecular formula is C14H24N2O5. The number of hydrogen-bond donors (Lipinski definition) is 2. The zero-order valence-electron chi connectivity index (χ0n) is 13.1. The molecule has 0 radical (unpaired) electrons. The van der Waals surface area contributed by atoms with Crippen LogP contribution in [0.3, 0.4) is 0 Å². The molecule has 0 bridgehead atoms. The van der Waals surface area contributed by atoms with Gasteiger partial charge in [-0.3, -0.25) is 4.79 Å². The molecular weight excluding hydrogens is 276 g/mol. The summed E-state index contributed by atoms with van der Waals surface area (Å²) in [6, 6.07) is 0. The second kappa shape index (κ2) is 6.32. The van der Waals surface area contributed by atoms with Gasteiger partial charge in [-0.15, -0.1) is 0 Å². The SMILES string of the molecule is CCCC(=O)N1CCC(NC(=O)OC(C)(C)C)(C(=O)O)C1. The van der Waals surface area contributed by atoms with Crippen molar-refractivity contribution in [3.05, 3.63) is 0 Å². The first-order chi connectivity index (χ1) is 9.59. The minimum atomic E-state index is -1.47. The van der Waals surface area contributed by atoms with Gasteiger partial charge >= 0.3 is 12.1 Å². The van der Waals surface area contributed by atoms with E-state index < -0.39 is 23.2 Å². The van der Waals surface area contributed by atoms with E-state index in [0.717, 1.165) is 0 Å². The Labute approximate surface area is 124 Å². The minimum absolute atomic E-state index is 0.0274. The molecule has 7 nitrogen and oxygen atoms in total. The molecule has 2 amide bonds. The quantitative estimate of drug-likeness (QED) is 0.817. The Morgan fingerprint density at radius 2 is 1.95 bits per heavy atom. The first kappa shape index (κ1) is 17.3. The molecule has 1 atom stereocenters. The van der Waals surface area contributed by atoms with E-state index in [2.05, 4.69) is 5.32 Å². The van der Waals surface area contributed by atoms with Crippen LogP contribution in [0.1, 0.15) is 47.0 Å². The van der Waals surface area contributed by atoms with E-state index >= 15 is 0 Å². The summed E-state index contributed by atoms with van der Waals surface area (Å²) in [4.78, 5) is 36.7. The molecule has 7 heteroatoms. The Morgan fingerprint density at radius 3 is 2.43 bits per heavy atom. The smallest absolute Gasteiger partial charge is 0.408 e. The standard InChI is InChI=1S/C14H24N2O5/c1-5-6-10(17)16-8-7-14(9-16,11(18)19)15-12(20)21-13(2,3)4/h5-9H2,1-4H3,(H,15,20)(H,18,19). The number of likely N-dealkylation sites (tertiary alicyclic amines) is 1. The molecule has 21 heavy (non-hydrogen) atoms.